The van der Waals surface area contributed by atoms with Crippen LogP contribution in [0.5, 0.6) is 0 Å². The Labute approximate surface area is 113 Å². The third kappa shape index (κ3) is 2.74. The smallest absolute Gasteiger partial charge is 0.271 e. The van der Waals surface area contributed by atoms with E-state index < -0.39 is 0 Å². The maximum Gasteiger partial charge on any atom is 0.271 e. The molecule has 1 N–H and O–H groups in total. The Balaban J connectivity index is 2.56. The lowest BCUT2D eigenvalue weighted by Crippen LogP contribution is -2.26. The van der Waals surface area contributed by atoms with E-state index in [0.29, 0.717) is 6.54 Å². The average Bonchev–Trinajstić information content (AvgIpc) is 2.38. The van der Waals surface area contributed by atoms with Gasteiger partial charge in [0.1, 0.15) is 0 Å². The Morgan fingerprint density at radius 3 is 2.58 bits per heavy atom. The Hall–Kier alpha value is -1.94. The molecule has 0 radical (unpaired) electrons. The third-order valence-electron chi connectivity index (χ3n) is 3.31. The highest BCUT2D eigenvalue weighted by Gasteiger charge is 2.08. The SMILES string of the molecule is CNCc1cc(-c2ccc(C)c(C)c2)nn(C)c1=O. The minimum absolute atomic E-state index is 0.0538. The molecule has 2 aromatic rings. The van der Waals surface area contributed by atoms with E-state index in [1.807, 2.05) is 19.2 Å². The monoisotopic (exact) mass is 257 g/mol. The van der Waals surface area contributed by atoms with E-state index in [9.17, 15) is 4.79 Å². The van der Waals surface area contributed by atoms with Crippen molar-refractivity contribution >= 4 is 0 Å². The minimum atomic E-state index is -0.0538. The van der Waals surface area contributed by atoms with Gasteiger partial charge in [-0.2, -0.15) is 5.10 Å². The normalized spacial score (nSPS) is 10.7. The van der Waals surface area contributed by atoms with Gasteiger partial charge < -0.3 is 5.32 Å². The molecular formula is C15H19N3O. The van der Waals surface area contributed by atoms with E-state index in [4.69, 9.17) is 0 Å². The van der Waals surface area contributed by atoms with Gasteiger partial charge in [-0.25, -0.2) is 4.68 Å². The van der Waals surface area contributed by atoms with Crippen molar-refractivity contribution in [2.45, 2.75) is 20.4 Å². The van der Waals surface area contributed by atoms with E-state index in [1.165, 1.54) is 15.8 Å². The first kappa shape index (κ1) is 13.5. The first-order valence-electron chi connectivity index (χ1n) is 6.32. The highest BCUT2D eigenvalue weighted by Crippen LogP contribution is 2.20. The molecule has 1 heterocycles. The van der Waals surface area contributed by atoms with Crippen LogP contribution in [0, 0.1) is 13.8 Å². The molecule has 4 heteroatoms. The molecule has 0 saturated carbocycles. The number of aryl methyl sites for hydroxylation is 3. The summed E-state index contributed by atoms with van der Waals surface area (Å²) in [6, 6.07) is 8.09. The highest BCUT2D eigenvalue weighted by molar-refractivity contribution is 5.61. The maximum atomic E-state index is 11.9. The summed E-state index contributed by atoms with van der Waals surface area (Å²) >= 11 is 0. The van der Waals surface area contributed by atoms with Crippen molar-refractivity contribution in [1.82, 2.24) is 15.1 Å². The maximum absolute atomic E-state index is 11.9. The highest BCUT2D eigenvalue weighted by atomic mass is 16.1. The van der Waals surface area contributed by atoms with Crippen molar-refractivity contribution in [3.63, 3.8) is 0 Å². The van der Waals surface area contributed by atoms with Gasteiger partial charge in [-0.3, -0.25) is 4.79 Å². The molecule has 0 aliphatic carbocycles. The van der Waals surface area contributed by atoms with Crippen LogP contribution in [0.25, 0.3) is 11.3 Å². The Bertz CT molecular complexity index is 659. The van der Waals surface area contributed by atoms with Crippen LogP contribution in [0.4, 0.5) is 0 Å². The molecule has 0 spiro atoms. The summed E-state index contributed by atoms with van der Waals surface area (Å²) in [4.78, 5) is 11.9. The molecular weight excluding hydrogens is 238 g/mol. The van der Waals surface area contributed by atoms with Crippen LogP contribution in [0.15, 0.2) is 29.1 Å². The predicted octanol–water partition coefficient (Wildman–Crippen LogP) is 1.78. The molecule has 0 aliphatic rings. The largest absolute Gasteiger partial charge is 0.315 e. The van der Waals surface area contributed by atoms with Crippen molar-refractivity contribution in [1.29, 1.82) is 0 Å². The molecule has 100 valence electrons. The topological polar surface area (TPSA) is 46.9 Å². The molecule has 0 saturated heterocycles. The molecule has 0 amide bonds. The van der Waals surface area contributed by atoms with E-state index in [2.05, 4.69) is 36.4 Å². The Morgan fingerprint density at radius 2 is 1.95 bits per heavy atom. The standard InChI is InChI=1S/C15H19N3O/c1-10-5-6-12(7-11(10)2)14-8-13(9-16-3)15(19)18(4)17-14/h5-8,16H,9H2,1-4H3. The molecule has 0 aliphatic heterocycles. The summed E-state index contributed by atoms with van der Waals surface area (Å²) in [5.41, 5.74) is 5.02. The summed E-state index contributed by atoms with van der Waals surface area (Å²) in [5.74, 6) is 0. The molecule has 1 aromatic carbocycles. The number of nitrogens with zero attached hydrogens (tertiary/aromatic N) is 2. The summed E-state index contributed by atoms with van der Waals surface area (Å²) in [6.45, 7) is 4.71. The first-order chi connectivity index (χ1) is 9.02. The third-order valence-corrected chi connectivity index (χ3v) is 3.31. The lowest BCUT2D eigenvalue weighted by atomic mass is 10.0. The van der Waals surface area contributed by atoms with Crippen LogP contribution in [-0.4, -0.2) is 16.8 Å². The Kier molecular flexibility index (Phi) is 3.81. The van der Waals surface area contributed by atoms with Gasteiger partial charge in [0.2, 0.25) is 0 Å². The van der Waals surface area contributed by atoms with Crippen LogP contribution in [0.2, 0.25) is 0 Å². The zero-order chi connectivity index (χ0) is 14.0. The van der Waals surface area contributed by atoms with Gasteiger partial charge in [0.15, 0.2) is 0 Å². The fraction of sp³-hybridized carbons (Fsp3) is 0.333. The predicted molar refractivity (Wildman–Crippen MR) is 77.2 cm³/mol. The van der Waals surface area contributed by atoms with Gasteiger partial charge in [0, 0.05) is 24.7 Å². The lowest BCUT2D eigenvalue weighted by Gasteiger charge is -2.09. The van der Waals surface area contributed by atoms with Gasteiger partial charge in [0.05, 0.1) is 5.69 Å². The minimum Gasteiger partial charge on any atom is -0.315 e. The summed E-state index contributed by atoms with van der Waals surface area (Å²) in [6.07, 6.45) is 0. The zero-order valence-electron chi connectivity index (χ0n) is 11.8. The number of rotatable bonds is 3. The summed E-state index contributed by atoms with van der Waals surface area (Å²) < 4.78 is 1.40. The molecule has 19 heavy (non-hydrogen) atoms. The molecule has 4 nitrogen and oxygen atoms in total. The average molecular weight is 257 g/mol. The molecule has 0 bridgehead atoms. The van der Waals surface area contributed by atoms with Crippen molar-refractivity contribution in [3.8, 4) is 11.3 Å². The molecule has 0 fully saturated rings. The van der Waals surface area contributed by atoms with Crippen LogP contribution in [0.3, 0.4) is 0 Å². The van der Waals surface area contributed by atoms with E-state index >= 15 is 0 Å². The van der Waals surface area contributed by atoms with Gasteiger partial charge in [0.25, 0.3) is 5.56 Å². The molecule has 2 rings (SSSR count). The van der Waals surface area contributed by atoms with Gasteiger partial charge >= 0.3 is 0 Å². The molecule has 0 atom stereocenters. The second-order valence-electron chi connectivity index (χ2n) is 4.81. The van der Waals surface area contributed by atoms with Crippen LogP contribution < -0.4 is 10.9 Å². The van der Waals surface area contributed by atoms with E-state index in [-0.39, 0.29) is 5.56 Å². The number of aromatic nitrogens is 2. The first-order valence-corrected chi connectivity index (χ1v) is 6.32. The van der Waals surface area contributed by atoms with Crippen molar-refractivity contribution < 1.29 is 0 Å². The van der Waals surface area contributed by atoms with Crippen molar-refractivity contribution in [3.05, 3.63) is 51.3 Å². The second-order valence-corrected chi connectivity index (χ2v) is 4.81. The van der Waals surface area contributed by atoms with Crippen LogP contribution in [0.1, 0.15) is 16.7 Å². The van der Waals surface area contributed by atoms with Gasteiger partial charge in [-0.05, 0) is 44.2 Å². The Morgan fingerprint density at radius 1 is 1.21 bits per heavy atom. The molecule has 1 aromatic heterocycles. The number of hydrogen-bond acceptors (Lipinski definition) is 3. The van der Waals surface area contributed by atoms with Crippen molar-refractivity contribution in [2.75, 3.05) is 7.05 Å². The van der Waals surface area contributed by atoms with Crippen molar-refractivity contribution in [2.24, 2.45) is 7.05 Å². The lowest BCUT2D eigenvalue weighted by molar-refractivity contribution is 0.683. The summed E-state index contributed by atoms with van der Waals surface area (Å²) in [5, 5.41) is 7.34. The van der Waals surface area contributed by atoms with Crippen LogP contribution in [-0.2, 0) is 13.6 Å². The number of benzene rings is 1. The second kappa shape index (κ2) is 5.36. The van der Waals surface area contributed by atoms with Gasteiger partial charge in [-0.15, -0.1) is 0 Å². The van der Waals surface area contributed by atoms with Gasteiger partial charge in [-0.1, -0.05) is 12.1 Å². The fourth-order valence-corrected chi connectivity index (χ4v) is 2.03. The van der Waals surface area contributed by atoms with Crippen LogP contribution >= 0.6 is 0 Å². The summed E-state index contributed by atoms with van der Waals surface area (Å²) in [7, 11) is 3.52. The number of nitrogens with one attached hydrogen (secondary N) is 1. The quantitative estimate of drug-likeness (QED) is 0.911. The van der Waals surface area contributed by atoms with E-state index in [0.717, 1.165) is 16.8 Å². The number of hydrogen-bond donors (Lipinski definition) is 1. The van der Waals surface area contributed by atoms with E-state index in [1.54, 1.807) is 7.05 Å². The molecule has 0 unspecified atom stereocenters. The zero-order valence-corrected chi connectivity index (χ0v) is 11.8. The fourth-order valence-electron chi connectivity index (χ4n) is 2.03.